The first kappa shape index (κ1) is 23.4. The van der Waals surface area contributed by atoms with Crippen molar-refractivity contribution in [1.82, 2.24) is 20.1 Å². The van der Waals surface area contributed by atoms with Crippen LogP contribution < -0.4 is 11.1 Å². The predicted molar refractivity (Wildman–Crippen MR) is 126 cm³/mol. The fourth-order valence-electron chi connectivity index (χ4n) is 4.76. The van der Waals surface area contributed by atoms with Gasteiger partial charge in [-0.1, -0.05) is 19.9 Å². The molecule has 1 aromatic heterocycles. The molecule has 3 heterocycles. The summed E-state index contributed by atoms with van der Waals surface area (Å²) in [5.74, 6) is -1.29. The molecule has 2 aliphatic heterocycles. The second kappa shape index (κ2) is 9.62. The van der Waals surface area contributed by atoms with Crippen LogP contribution >= 0.6 is 0 Å². The summed E-state index contributed by atoms with van der Waals surface area (Å²) >= 11 is 0. The number of amides is 4. The topological polar surface area (TPSA) is 126 Å². The van der Waals surface area contributed by atoms with Crippen LogP contribution in [0.1, 0.15) is 54.0 Å². The summed E-state index contributed by atoms with van der Waals surface area (Å²) in [7, 11) is 0. The van der Waals surface area contributed by atoms with E-state index in [2.05, 4.69) is 10.3 Å². The summed E-state index contributed by atoms with van der Waals surface area (Å²) in [4.78, 5) is 59.3. The van der Waals surface area contributed by atoms with Crippen molar-refractivity contribution in [2.24, 2.45) is 5.92 Å². The Morgan fingerprint density at radius 2 is 1.85 bits per heavy atom. The first-order chi connectivity index (χ1) is 16.3. The van der Waals surface area contributed by atoms with Gasteiger partial charge in [-0.2, -0.15) is 0 Å². The van der Waals surface area contributed by atoms with Crippen molar-refractivity contribution >= 4 is 29.3 Å². The Balaban J connectivity index is 1.51. The lowest BCUT2D eigenvalue weighted by molar-refractivity contribution is -0.145. The van der Waals surface area contributed by atoms with Crippen molar-refractivity contribution in [3.05, 3.63) is 59.9 Å². The molecule has 3 unspecified atom stereocenters. The highest BCUT2D eigenvalue weighted by molar-refractivity contribution is 6.04. The molecule has 178 valence electrons. The molecule has 0 spiro atoms. The van der Waals surface area contributed by atoms with Crippen molar-refractivity contribution in [3.8, 4) is 0 Å². The van der Waals surface area contributed by atoms with Crippen molar-refractivity contribution in [1.29, 1.82) is 0 Å². The second-order valence-electron chi connectivity index (χ2n) is 9.22. The Labute approximate surface area is 198 Å². The number of aromatic nitrogens is 1. The fraction of sp³-hybridized carbons (Fsp3) is 0.400. The van der Waals surface area contributed by atoms with E-state index in [1.54, 1.807) is 53.6 Å². The molecule has 2 saturated heterocycles. The molecule has 1 aromatic carbocycles. The van der Waals surface area contributed by atoms with Crippen LogP contribution in [0, 0.1) is 5.92 Å². The second-order valence-corrected chi connectivity index (χ2v) is 9.22. The number of hydrogen-bond donors (Lipinski definition) is 2. The molecule has 0 radical (unpaired) electrons. The van der Waals surface area contributed by atoms with E-state index >= 15 is 0 Å². The molecule has 2 aromatic rings. The molecule has 9 nitrogen and oxygen atoms in total. The van der Waals surface area contributed by atoms with Gasteiger partial charge >= 0.3 is 0 Å². The Morgan fingerprint density at radius 1 is 1.12 bits per heavy atom. The van der Waals surface area contributed by atoms with E-state index in [-0.39, 0.29) is 24.2 Å². The average molecular weight is 464 g/mol. The van der Waals surface area contributed by atoms with E-state index in [9.17, 15) is 19.2 Å². The molecule has 4 rings (SSSR count). The Morgan fingerprint density at radius 3 is 2.50 bits per heavy atom. The smallest absolute Gasteiger partial charge is 0.272 e. The quantitative estimate of drug-likeness (QED) is 0.630. The number of nitrogens with zero attached hydrogens (tertiary/aromatic N) is 3. The van der Waals surface area contributed by atoms with Gasteiger partial charge in [0.05, 0.1) is 12.1 Å². The average Bonchev–Trinajstić information content (AvgIpc) is 3.36. The summed E-state index contributed by atoms with van der Waals surface area (Å²) in [6.45, 7) is 4.34. The molecule has 3 N–H and O–H groups in total. The third-order valence-electron chi connectivity index (χ3n) is 6.36. The molecule has 0 bridgehead atoms. The normalized spacial score (nSPS) is 20.4. The molecular weight excluding hydrogens is 434 g/mol. The van der Waals surface area contributed by atoms with Crippen molar-refractivity contribution in [2.75, 3.05) is 12.3 Å². The number of nitrogen functional groups attached to an aromatic ring is 1. The van der Waals surface area contributed by atoms with Crippen molar-refractivity contribution < 1.29 is 19.2 Å². The van der Waals surface area contributed by atoms with E-state index in [1.807, 2.05) is 13.8 Å². The Hall–Kier alpha value is -3.75. The molecule has 2 fully saturated rings. The highest BCUT2D eigenvalue weighted by Gasteiger charge is 2.52. The minimum absolute atomic E-state index is 0.0787. The minimum Gasteiger partial charge on any atom is -0.399 e. The van der Waals surface area contributed by atoms with E-state index < -0.39 is 29.9 Å². The lowest BCUT2D eigenvalue weighted by Gasteiger charge is -2.28. The number of carbonyl (C=O) groups excluding carboxylic acids is 4. The van der Waals surface area contributed by atoms with Gasteiger partial charge in [0.25, 0.3) is 17.7 Å². The fourth-order valence-corrected chi connectivity index (χ4v) is 4.76. The Bertz CT molecular complexity index is 1090. The zero-order valence-electron chi connectivity index (χ0n) is 19.3. The van der Waals surface area contributed by atoms with Crippen LogP contribution in [0.15, 0.2) is 48.7 Å². The van der Waals surface area contributed by atoms with Gasteiger partial charge in [0.2, 0.25) is 5.91 Å². The number of anilines is 1. The molecule has 9 heteroatoms. The molecule has 4 amide bonds. The number of likely N-dealkylation sites (tertiary alicyclic amines) is 2. The van der Waals surface area contributed by atoms with E-state index in [1.165, 1.54) is 4.90 Å². The van der Waals surface area contributed by atoms with E-state index in [0.717, 1.165) is 0 Å². The number of imide groups is 1. The van der Waals surface area contributed by atoms with Crippen molar-refractivity contribution in [3.63, 3.8) is 0 Å². The summed E-state index contributed by atoms with van der Waals surface area (Å²) < 4.78 is 0. The molecule has 34 heavy (non-hydrogen) atoms. The standard InChI is InChI=1S/C25H29N5O4/c1-15(2)13-19(28-23(32)16-6-8-17(26)9-7-16)25(34)30-20-10-12-29(21(20)14-22(30)31)24(33)18-5-3-4-11-27-18/h3-9,11,15,19-21H,10,12-14,26H2,1-2H3,(H,28,32). The van der Waals surface area contributed by atoms with Gasteiger partial charge < -0.3 is 16.0 Å². The van der Waals surface area contributed by atoms with Gasteiger partial charge in [-0.25, -0.2) is 0 Å². The molecule has 3 atom stereocenters. The van der Waals surface area contributed by atoms with Gasteiger partial charge in [-0.15, -0.1) is 0 Å². The molecule has 0 saturated carbocycles. The number of fused-ring (bicyclic) bond motifs is 1. The lowest BCUT2D eigenvalue weighted by atomic mass is 10.0. The summed E-state index contributed by atoms with van der Waals surface area (Å²) in [5, 5.41) is 2.81. The third-order valence-corrected chi connectivity index (χ3v) is 6.36. The van der Waals surface area contributed by atoms with Crippen LogP contribution in [0.5, 0.6) is 0 Å². The lowest BCUT2D eigenvalue weighted by Crippen LogP contribution is -2.52. The molecular formula is C25H29N5O4. The summed E-state index contributed by atoms with van der Waals surface area (Å²) in [6, 6.07) is 9.89. The minimum atomic E-state index is -0.853. The maximum absolute atomic E-state index is 13.6. The predicted octanol–water partition coefficient (Wildman–Crippen LogP) is 1.85. The zero-order valence-corrected chi connectivity index (χ0v) is 19.3. The number of carbonyl (C=O) groups is 4. The first-order valence-electron chi connectivity index (χ1n) is 11.5. The van der Waals surface area contributed by atoms with Crippen molar-refractivity contribution in [2.45, 2.75) is 51.2 Å². The van der Waals surface area contributed by atoms with Gasteiger partial charge in [-0.3, -0.25) is 29.1 Å². The summed E-state index contributed by atoms with van der Waals surface area (Å²) in [6.07, 6.45) is 2.52. The van der Waals surface area contributed by atoms with Crippen LogP contribution in [-0.2, 0) is 9.59 Å². The van der Waals surface area contributed by atoms with E-state index in [0.29, 0.717) is 36.3 Å². The van der Waals surface area contributed by atoms with Gasteiger partial charge in [0.15, 0.2) is 0 Å². The van der Waals surface area contributed by atoms with E-state index in [4.69, 9.17) is 5.73 Å². The molecule has 0 aliphatic carbocycles. The third kappa shape index (κ3) is 4.64. The number of nitrogens with two attached hydrogens (primary N) is 1. The summed E-state index contributed by atoms with van der Waals surface area (Å²) in [5.41, 5.74) is 6.93. The number of pyridine rings is 1. The zero-order chi connectivity index (χ0) is 24.4. The number of rotatable bonds is 6. The van der Waals surface area contributed by atoms with Crippen LogP contribution in [0.2, 0.25) is 0 Å². The number of nitrogens with one attached hydrogen (secondary N) is 1. The number of benzene rings is 1. The van der Waals surface area contributed by atoms with Crippen LogP contribution in [0.4, 0.5) is 5.69 Å². The Kier molecular flexibility index (Phi) is 6.63. The van der Waals surface area contributed by atoms with Gasteiger partial charge in [0, 0.05) is 30.4 Å². The maximum Gasteiger partial charge on any atom is 0.272 e. The van der Waals surface area contributed by atoms with Crippen LogP contribution in [-0.4, -0.2) is 63.1 Å². The SMILES string of the molecule is CC(C)CC(NC(=O)c1ccc(N)cc1)C(=O)N1C(=O)CC2C1CCN2C(=O)c1ccccn1. The van der Waals surface area contributed by atoms with Gasteiger partial charge in [0.1, 0.15) is 11.7 Å². The van der Waals surface area contributed by atoms with Crippen LogP contribution in [0.25, 0.3) is 0 Å². The monoisotopic (exact) mass is 463 g/mol. The van der Waals surface area contributed by atoms with Gasteiger partial charge in [-0.05, 0) is 55.2 Å². The highest BCUT2D eigenvalue weighted by Crippen LogP contribution is 2.34. The molecule has 2 aliphatic rings. The first-order valence-corrected chi connectivity index (χ1v) is 11.5. The highest BCUT2D eigenvalue weighted by atomic mass is 16.2. The largest absolute Gasteiger partial charge is 0.399 e. The van der Waals surface area contributed by atoms with Crippen LogP contribution in [0.3, 0.4) is 0 Å². The maximum atomic E-state index is 13.6. The number of hydrogen-bond acceptors (Lipinski definition) is 6.